The first kappa shape index (κ1) is 7.66. The van der Waals surface area contributed by atoms with Gasteiger partial charge in [-0.1, -0.05) is 6.08 Å². The van der Waals surface area contributed by atoms with E-state index in [4.69, 9.17) is 0 Å². The van der Waals surface area contributed by atoms with E-state index in [1.165, 1.54) is 0 Å². The van der Waals surface area contributed by atoms with Crippen molar-refractivity contribution in [3.05, 3.63) is 12.3 Å². The Bertz CT molecular complexity index is 156. The fourth-order valence-electron chi connectivity index (χ4n) is 0.904. The lowest BCUT2D eigenvalue weighted by molar-refractivity contribution is -0.125. The normalized spacial score (nSPS) is 16.3. The summed E-state index contributed by atoms with van der Waals surface area (Å²) >= 11 is 1.57. The minimum Gasteiger partial charge on any atom is -0.318 e. The molecule has 0 aromatic heterocycles. The van der Waals surface area contributed by atoms with Crippen LogP contribution >= 0.6 is 11.8 Å². The second-order valence-electron chi connectivity index (χ2n) is 2.19. The Hall–Kier alpha value is -0.440. The zero-order valence-electron chi connectivity index (χ0n) is 6.04. The molecule has 1 amide bonds. The first-order valence-corrected chi connectivity index (χ1v) is 4.69. The lowest BCUT2D eigenvalue weighted by Crippen LogP contribution is -2.25. The summed E-state index contributed by atoms with van der Waals surface area (Å²) in [4.78, 5) is 12.9. The van der Waals surface area contributed by atoms with Crippen molar-refractivity contribution in [2.24, 2.45) is 0 Å². The summed E-state index contributed by atoms with van der Waals surface area (Å²) in [5, 5.41) is 0. The molecule has 0 saturated heterocycles. The average molecular weight is 157 g/mol. The molecule has 56 valence electrons. The Morgan fingerprint density at radius 3 is 3.10 bits per heavy atom. The van der Waals surface area contributed by atoms with E-state index in [1.54, 1.807) is 16.7 Å². The fraction of sp³-hybridized carbons (Fsp3) is 0.571. The van der Waals surface area contributed by atoms with Crippen LogP contribution < -0.4 is 0 Å². The van der Waals surface area contributed by atoms with Gasteiger partial charge in [0.25, 0.3) is 0 Å². The van der Waals surface area contributed by atoms with Crippen LogP contribution in [0.15, 0.2) is 12.3 Å². The zero-order chi connectivity index (χ0) is 7.40. The van der Waals surface area contributed by atoms with Gasteiger partial charge in [-0.2, -0.15) is 11.8 Å². The number of thioether (sulfide) groups is 1. The van der Waals surface area contributed by atoms with E-state index in [-0.39, 0.29) is 5.91 Å². The maximum atomic E-state index is 11.1. The topological polar surface area (TPSA) is 20.3 Å². The van der Waals surface area contributed by atoms with E-state index in [0.717, 1.165) is 13.0 Å². The summed E-state index contributed by atoms with van der Waals surface area (Å²) in [6.07, 6.45) is 6.86. The minimum atomic E-state index is 0.223. The molecule has 0 radical (unpaired) electrons. The Kier molecular flexibility index (Phi) is 2.81. The summed E-state index contributed by atoms with van der Waals surface area (Å²) in [6.45, 7) is 0.874. The van der Waals surface area contributed by atoms with Gasteiger partial charge >= 0.3 is 0 Å². The highest BCUT2D eigenvalue weighted by molar-refractivity contribution is 7.99. The highest BCUT2D eigenvalue weighted by atomic mass is 32.2. The molecule has 0 saturated carbocycles. The fourth-order valence-corrected chi connectivity index (χ4v) is 1.32. The largest absolute Gasteiger partial charge is 0.318 e. The van der Waals surface area contributed by atoms with E-state index in [9.17, 15) is 4.79 Å². The monoisotopic (exact) mass is 157 g/mol. The second kappa shape index (κ2) is 3.66. The van der Waals surface area contributed by atoms with Gasteiger partial charge in [0.05, 0.1) is 5.75 Å². The average Bonchev–Trinajstić information content (AvgIpc) is 2.38. The van der Waals surface area contributed by atoms with E-state index in [0.29, 0.717) is 5.75 Å². The van der Waals surface area contributed by atoms with Crippen LogP contribution in [0, 0.1) is 0 Å². The van der Waals surface area contributed by atoms with E-state index < -0.39 is 0 Å². The summed E-state index contributed by atoms with van der Waals surface area (Å²) in [6, 6.07) is 0. The lowest BCUT2D eigenvalue weighted by Gasteiger charge is -2.11. The van der Waals surface area contributed by atoms with Gasteiger partial charge in [0.15, 0.2) is 0 Å². The molecule has 0 bridgehead atoms. The third-order valence-corrected chi connectivity index (χ3v) is 1.95. The van der Waals surface area contributed by atoms with Crippen LogP contribution in [0.3, 0.4) is 0 Å². The molecule has 0 aliphatic carbocycles. The third kappa shape index (κ3) is 1.77. The molecule has 10 heavy (non-hydrogen) atoms. The molecular weight excluding hydrogens is 146 g/mol. The van der Waals surface area contributed by atoms with Gasteiger partial charge in [-0.25, -0.2) is 0 Å². The first-order valence-electron chi connectivity index (χ1n) is 3.29. The van der Waals surface area contributed by atoms with E-state index in [2.05, 4.69) is 0 Å². The Labute approximate surface area is 65.3 Å². The summed E-state index contributed by atoms with van der Waals surface area (Å²) in [5.41, 5.74) is 0. The van der Waals surface area contributed by atoms with Crippen molar-refractivity contribution < 1.29 is 4.79 Å². The van der Waals surface area contributed by atoms with Crippen LogP contribution in [0.1, 0.15) is 6.42 Å². The van der Waals surface area contributed by atoms with Gasteiger partial charge in [0.2, 0.25) is 5.91 Å². The van der Waals surface area contributed by atoms with Crippen LogP contribution in [-0.2, 0) is 4.79 Å². The molecular formula is C7H11NOS. The Morgan fingerprint density at radius 2 is 2.60 bits per heavy atom. The van der Waals surface area contributed by atoms with Crippen LogP contribution in [0.25, 0.3) is 0 Å². The predicted octanol–water partition coefficient (Wildman–Crippen LogP) is 1.10. The number of amides is 1. The second-order valence-corrected chi connectivity index (χ2v) is 3.06. The van der Waals surface area contributed by atoms with E-state index >= 15 is 0 Å². The van der Waals surface area contributed by atoms with Crippen molar-refractivity contribution in [1.82, 2.24) is 4.90 Å². The SMILES string of the molecule is CSCC(=O)N1C=CCC1. The highest BCUT2D eigenvalue weighted by Gasteiger charge is 2.11. The van der Waals surface area contributed by atoms with Crippen LogP contribution in [-0.4, -0.2) is 29.4 Å². The van der Waals surface area contributed by atoms with Gasteiger partial charge < -0.3 is 4.90 Å². The maximum absolute atomic E-state index is 11.1. The molecule has 3 heteroatoms. The molecule has 0 aromatic carbocycles. The molecule has 1 heterocycles. The molecule has 0 spiro atoms. The minimum absolute atomic E-state index is 0.223. The Balaban J connectivity index is 2.33. The van der Waals surface area contributed by atoms with Gasteiger partial charge in [-0.05, 0) is 12.7 Å². The molecule has 1 aliphatic rings. The van der Waals surface area contributed by atoms with Gasteiger partial charge in [-0.15, -0.1) is 0 Å². The van der Waals surface area contributed by atoms with Gasteiger partial charge in [-0.3, -0.25) is 4.79 Å². The Morgan fingerprint density at radius 1 is 1.80 bits per heavy atom. The molecule has 0 N–H and O–H groups in total. The van der Waals surface area contributed by atoms with Crippen molar-refractivity contribution in [2.45, 2.75) is 6.42 Å². The smallest absolute Gasteiger partial charge is 0.236 e. The third-order valence-electron chi connectivity index (χ3n) is 1.41. The van der Waals surface area contributed by atoms with E-state index in [1.807, 2.05) is 18.5 Å². The van der Waals surface area contributed by atoms with Crippen LogP contribution in [0.5, 0.6) is 0 Å². The standard InChI is InChI=1S/C7H11NOS/c1-10-6-7(9)8-4-2-3-5-8/h2,4H,3,5-6H2,1H3. The zero-order valence-corrected chi connectivity index (χ0v) is 6.86. The summed E-state index contributed by atoms with van der Waals surface area (Å²) in [7, 11) is 0. The number of hydrogen-bond donors (Lipinski definition) is 0. The first-order chi connectivity index (χ1) is 4.84. The highest BCUT2D eigenvalue weighted by Crippen LogP contribution is 2.06. The number of hydrogen-bond acceptors (Lipinski definition) is 2. The molecule has 1 aliphatic heterocycles. The molecule has 2 nitrogen and oxygen atoms in total. The summed E-state index contributed by atoms with van der Waals surface area (Å²) < 4.78 is 0. The molecule has 0 aromatic rings. The number of nitrogens with zero attached hydrogens (tertiary/aromatic N) is 1. The van der Waals surface area contributed by atoms with Crippen molar-refractivity contribution in [3.63, 3.8) is 0 Å². The maximum Gasteiger partial charge on any atom is 0.236 e. The van der Waals surface area contributed by atoms with Gasteiger partial charge in [0.1, 0.15) is 0 Å². The lowest BCUT2D eigenvalue weighted by atomic mass is 10.5. The predicted molar refractivity (Wildman–Crippen MR) is 43.9 cm³/mol. The number of carbonyl (C=O) groups is 1. The molecule has 0 unspecified atom stereocenters. The van der Waals surface area contributed by atoms with Crippen molar-refractivity contribution in [1.29, 1.82) is 0 Å². The number of rotatable bonds is 2. The molecule has 0 atom stereocenters. The van der Waals surface area contributed by atoms with Gasteiger partial charge in [0, 0.05) is 12.7 Å². The van der Waals surface area contributed by atoms with Crippen molar-refractivity contribution >= 4 is 17.7 Å². The van der Waals surface area contributed by atoms with Crippen molar-refractivity contribution in [3.8, 4) is 0 Å². The quantitative estimate of drug-likeness (QED) is 0.598. The van der Waals surface area contributed by atoms with Crippen molar-refractivity contribution in [2.75, 3.05) is 18.6 Å². The molecule has 0 fully saturated rings. The van der Waals surface area contributed by atoms with Crippen LogP contribution in [0.2, 0.25) is 0 Å². The summed E-state index contributed by atoms with van der Waals surface area (Å²) in [5.74, 6) is 0.825. The molecule has 1 rings (SSSR count). The number of carbonyl (C=O) groups excluding carboxylic acids is 1. The van der Waals surface area contributed by atoms with Crippen LogP contribution in [0.4, 0.5) is 0 Å².